The van der Waals surface area contributed by atoms with Crippen molar-refractivity contribution in [3.8, 4) is 0 Å². The van der Waals surface area contributed by atoms with E-state index < -0.39 is 19.9 Å². The number of unbranched alkanes of at least 4 members (excludes halogenated alkanes) is 13. The molecule has 0 aromatic heterocycles. The van der Waals surface area contributed by atoms with Gasteiger partial charge in [-0.15, -0.1) is 0 Å². The lowest BCUT2D eigenvalue weighted by Crippen LogP contribution is -2.38. The number of hydrogen-bond acceptors (Lipinski definition) is 7. The van der Waals surface area contributed by atoms with Crippen molar-refractivity contribution >= 4 is 13.8 Å². The first-order valence-corrected chi connectivity index (χ1v) is 17.0. The van der Waals surface area contributed by atoms with E-state index in [9.17, 15) is 14.3 Å². The average molecular weight is 576 g/mol. The van der Waals surface area contributed by atoms with Crippen LogP contribution in [0.3, 0.4) is 0 Å². The summed E-state index contributed by atoms with van der Waals surface area (Å²) in [4.78, 5) is 23.8. The number of hydrogen-bond donors (Lipinski definition) is 0. The molecule has 0 amide bonds. The summed E-state index contributed by atoms with van der Waals surface area (Å²) in [5.41, 5.74) is 0.917. The molecule has 1 saturated heterocycles. The van der Waals surface area contributed by atoms with Crippen molar-refractivity contribution in [2.75, 3.05) is 40.5 Å². The van der Waals surface area contributed by atoms with E-state index in [0.717, 1.165) is 50.8 Å². The van der Waals surface area contributed by atoms with Gasteiger partial charge in [0.15, 0.2) is 0 Å². The maximum absolute atomic E-state index is 12.3. The molecule has 0 spiro atoms. The first-order chi connectivity index (χ1) is 18.7. The van der Waals surface area contributed by atoms with Crippen LogP contribution in [0.2, 0.25) is 0 Å². The molecule has 8 nitrogen and oxygen atoms in total. The van der Waals surface area contributed by atoms with Gasteiger partial charge in [-0.05, 0) is 25.7 Å². The Morgan fingerprint density at radius 2 is 1.46 bits per heavy atom. The third-order valence-corrected chi connectivity index (χ3v) is 8.27. The summed E-state index contributed by atoms with van der Waals surface area (Å²) >= 11 is 0. The van der Waals surface area contributed by atoms with Crippen molar-refractivity contribution in [1.29, 1.82) is 0 Å². The van der Waals surface area contributed by atoms with Gasteiger partial charge < -0.3 is 23.4 Å². The molecule has 1 heterocycles. The molecule has 0 radical (unpaired) electrons. The number of quaternary nitrogens is 1. The lowest BCUT2D eigenvalue weighted by molar-refractivity contribution is -0.853. The normalized spacial score (nSPS) is 18.8. The summed E-state index contributed by atoms with van der Waals surface area (Å²) in [6.07, 6.45) is 22.6. The van der Waals surface area contributed by atoms with Gasteiger partial charge in [0.2, 0.25) is 0 Å². The summed E-state index contributed by atoms with van der Waals surface area (Å²) in [6.45, 7) is 4.77. The van der Waals surface area contributed by atoms with E-state index in [4.69, 9.17) is 18.5 Å². The van der Waals surface area contributed by atoms with Gasteiger partial charge in [-0.1, -0.05) is 90.4 Å². The Labute approximate surface area is 239 Å². The molecule has 230 valence electrons. The minimum absolute atomic E-state index is 0.0863. The van der Waals surface area contributed by atoms with Crippen LogP contribution in [0.4, 0.5) is 0 Å². The molecule has 2 unspecified atom stereocenters. The molecule has 0 aromatic carbocycles. The molecule has 9 heteroatoms. The summed E-state index contributed by atoms with van der Waals surface area (Å²) in [5.74, 6) is -0.509. The van der Waals surface area contributed by atoms with Crippen LogP contribution in [0.1, 0.15) is 129 Å². The van der Waals surface area contributed by atoms with Crippen LogP contribution in [0.5, 0.6) is 0 Å². The zero-order valence-electron chi connectivity index (χ0n) is 25.5. The number of esters is 1. The molecule has 1 rings (SSSR count). The second-order valence-corrected chi connectivity index (χ2v) is 12.9. The number of phosphoric ester groups is 1. The Bertz CT molecular complexity index is 713. The molecule has 0 bridgehead atoms. The Kier molecular flexibility index (Phi) is 20.2. The minimum Gasteiger partial charge on any atom is -0.746 e. The van der Waals surface area contributed by atoms with E-state index in [1.165, 1.54) is 90.2 Å². The number of rotatable bonds is 23. The van der Waals surface area contributed by atoms with E-state index in [2.05, 4.69) is 6.92 Å². The first kappa shape index (κ1) is 36.1. The maximum atomic E-state index is 12.3. The average Bonchev–Trinajstić information content (AvgIpc) is 3.05. The predicted octanol–water partition coefficient (Wildman–Crippen LogP) is 7.41. The number of likely N-dealkylation sites (tertiary alicyclic amines) is 1. The van der Waals surface area contributed by atoms with Crippen molar-refractivity contribution in [2.45, 2.75) is 136 Å². The van der Waals surface area contributed by atoms with Crippen molar-refractivity contribution in [2.24, 2.45) is 0 Å². The highest BCUT2D eigenvalue weighted by Gasteiger charge is 2.26. The molecule has 39 heavy (non-hydrogen) atoms. The van der Waals surface area contributed by atoms with Crippen LogP contribution < -0.4 is 4.89 Å². The topological polar surface area (TPSA) is 94.1 Å². The van der Waals surface area contributed by atoms with Crippen molar-refractivity contribution in [3.63, 3.8) is 0 Å². The Hall–Kier alpha value is -0.920. The van der Waals surface area contributed by atoms with Gasteiger partial charge in [-0.2, -0.15) is 0 Å². The molecule has 0 N–H and O–H groups in total. The van der Waals surface area contributed by atoms with Crippen LogP contribution in [0.15, 0.2) is 12.0 Å². The van der Waals surface area contributed by atoms with Crippen LogP contribution in [0, 0.1) is 0 Å². The monoisotopic (exact) mass is 575 g/mol. The number of allylic oxidation sites excluding steroid dienone is 1. The highest BCUT2D eigenvalue weighted by molar-refractivity contribution is 7.46. The molecule has 1 aliphatic heterocycles. The number of nitrogens with zero attached hydrogens (tertiary/aromatic N) is 1. The fraction of sp³-hybridized carbons (Fsp3) is 0.900. The second-order valence-electron chi connectivity index (χ2n) is 11.6. The van der Waals surface area contributed by atoms with E-state index >= 15 is 0 Å². The molecule has 2 atom stereocenters. The van der Waals surface area contributed by atoms with Crippen molar-refractivity contribution in [1.82, 2.24) is 0 Å². The van der Waals surface area contributed by atoms with Crippen molar-refractivity contribution < 1.29 is 37.3 Å². The molecule has 1 aliphatic rings. The van der Waals surface area contributed by atoms with Crippen LogP contribution in [0.25, 0.3) is 0 Å². The summed E-state index contributed by atoms with van der Waals surface area (Å²) in [6, 6.07) is 0. The Morgan fingerprint density at radius 3 is 2.03 bits per heavy atom. The SMILES string of the molecule is CCCCCCCCCCCCCCCCOCC(COP(=O)([O-])OC=C1CCCCC[N+]1(C)C)OC(C)=O. The van der Waals surface area contributed by atoms with E-state index in [1.807, 2.05) is 14.1 Å². The highest BCUT2D eigenvalue weighted by Crippen LogP contribution is 2.40. The third-order valence-electron chi connectivity index (χ3n) is 7.44. The first-order valence-electron chi connectivity index (χ1n) is 15.6. The zero-order valence-corrected chi connectivity index (χ0v) is 26.4. The fourth-order valence-corrected chi connectivity index (χ4v) is 5.59. The van der Waals surface area contributed by atoms with Crippen LogP contribution in [-0.4, -0.2) is 57.0 Å². The Morgan fingerprint density at radius 1 is 0.897 bits per heavy atom. The second kappa shape index (κ2) is 21.8. The highest BCUT2D eigenvalue weighted by atomic mass is 31.2. The zero-order chi connectivity index (χ0) is 28.8. The smallest absolute Gasteiger partial charge is 0.319 e. The largest absolute Gasteiger partial charge is 0.746 e. The van der Waals surface area contributed by atoms with Gasteiger partial charge in [0, 0.05) is 20.0 Å². The predicted molar refractivity (Wildman–Crippen MR) is 155 cm³/mol. The molecule has 1 fully saturated rings. The Balaban J connectivity index is 2.17. The molecular formula is C30H58NO7P. The molecule has 0 saturated carbocycles. The van der Waals surface area contributed by atoms with Gasteiger partial charge in [0.25, 0.3) is 0 Å². The molecule has 0 aliphatic carbocycles. The number of carbonyl (C=O) groups excluding carboxylic acids is 1. The fourth-order valence-electron chi connectivity index (χ4n) is 4.93. The molecule has 0 aromatic rings. The summed E-state index contributed by atoms with van der Waals surface area (Å²) in [5, 5.41) is 0. The lowest BCUT2D eigenvalue weighted by atomic mass is 10.0. The van der Waals surface area contributed by atoms with E-state index in [0.29, 0.717) is 11.1 Å². The summed E-state index contributed by atoms with van der Waals surface area (Å²) < 4.78 is 33.9. The summed E-state index contributed by atoms with van der Waals surface area (Å²) in [7, 11) is -0.497. The van der Waals surface area contributed by atoms with Crippen molar-refractivity contribution in [3.05, 3.63) is 12.0 Å². The van der Waals surface area contributed by atoms with Gasteiger partial charge in [-0.3, -0.25) is 13.8 Å². The lowest BCUT2D eigenvalue weighted by Gasteiger charge is -2.30. The maximum Gasteiger partial charge on any atom is 0.319 e. The van der Waals surface area contributed by atoms with Crippen LogP contribution in [-0.2, 0) is 27.9 Å². The van der Waals surface area contributed by atoms with E-state index in [1.54, 1.807) is 0 Å². The van der Waals surface area contributed by atoms with Gasteiger partial charge in [0.05, 0.1) is 33.9 Å². The number of phosphoric acid groups is 1. The quantitative estimate of drug-likeness (QED) is 0.0412. The number of carbonyl (C=O) groups is 1. The standard InChI is InChI=1S/C30H58NO7P/c1-5-6-7-8-9-10-11-12-13-14-15-16-17-21-24-35-26-30(38-28(2)32)27-37-39(33,34)36-25-29-22-19-18-20-23-31(29,3)4/h25,30H,5-24,26-27H2,1-4H3. The van der Waals surface area contributed by atoms with Crippen LogP contribution >= 0.6 is 7.82 Å². The van der Waals surface area contributed by atoms with Gasteiger partial charge in [-0.25, -0.2) is 0 Å². The third kappa shape index (κ3) is 19.7. The number of ether oxygens (including phenoxy) is 2. The minimum atomic E-state index is -4.59. The van der Waals surface area contributed by atoms with E-state index in [-0.39, 0.29) is 13.2 Å². The van der Waals surface area contributed by atoms with Gasteiger partial charge in [0.1, 0.15) is 18.1 Å². The molecular weight excluding hydrogens is 517 g/mol. The van der Waals surface area contributed by atoms with Gasteiger partial charge >= 0.3 is 13.8 Å².